The minimum atomic E-state index is -0.813. The molecule has 10 fully saturated rings. The summed E-state index contributed by atoms with van der Waals surface area (Å²) < 4.78 is 78.6. The molecule has 0 bridgehead atoms. The average Bonchev–Trinajstić information content (AvgIpc) is 4.15. The first-order valence-electron chi connectivity index (χ1n) is 23.9. The number of rotatable bonds is 6. The van der Waals surface area contributed by atoms with Crippen LogP contribution in [0.15, 0.2) is 36.4 Å². The van der Waals surface area contributed by atoms with Gasteiger partial charge in [0.05, 0.1) is 24.3 Å². The molecule has 6 saturated heterocycles. The molecule has 0 amide bonds. The van der Waals surface area contributed by atoms with E-state index < -0.39 is 96.5 Å². The van der Waals surface area contributed by atoms with Gasteiger partial charge in [-0.3, -0.25) is 0 Å². The summed E-state index contributed by atoms with van der Waals surface area (Å²) in [6.07, 6.45) is 12.6. The molecule has 336 valence electrons. The number of fused-ring (bicyclic) bond motifs is 3. The summed E-state index contributed by atoms with van der Waals surface area (Å²) in [6, 6.07) is 10.6. The van der Waals surface area contributed by atoms with Crippen LogP contribution in [0.2, 0.25) is 0 Å². The van der Waals surface area contributed by atoms with E-state index in [2.05, 4.69) is 0 Å². The second kappa shape index (κ2) is 16.0. The minimum Gasteiger partial charge on any atom is -0.453 e. The first-order valence-corrected chi connectivity index (χ1v) is 23.9. The van der Waals surface area contributed by atoms with E-state index in [1.165, 1.54) is 0 Å². The van der Waals surface area contributed by atoms with Crippen LogP contribution in [-0.4, -0.2) is 110 Å². The fourth-order valence-electron chi connectivity index (χ4n) is 12.4. The molecule has 6 aliphatic heterocycles. The summed E-state index contributed by atoms with van der Waals surface area (Å²) in [5.74, 6) is -3.89. The molecule has 2 aromatic rings. The molecule has 0 N–H and O–H groups in total. The summed E-state index contributed by atoms with van der Waals surface area (Å²) in [5.41, 5.74) is 0.613. The number of hydrogen-bond donors (Lipinski definition) is 0. The van der Waals surface area contributed by atoms with Crippen LogP contribution in [0.25, 0.3) is 10.8 Å². The molecule has 0 aromatic heterocycles. The van der Waals surface area contributed by atoms with Gasteiger partial charge in [-0.1, -0.05) is 49.9 Å². The van der Waals surface area contributed by atoms with E-state index in [9.17, 15) is 9.59 Å². The Kier molecular flexibility index (Phi) is 10.5. The Morgan fingerprint density at radius 2 is 0.806 bits per heavy atom. The molecule has 62 heavy (non-hydrogen) atoms. The van der Waals surface area contributed by atoms with Crippen LogP contribution in [-0.2, 0) is 56.8 Å². The van der Waals surface area contributed by atoms with Crippen molar-refractivity contribution in [2.75, 3.05) is 13.2 Å². The van der Waals surface area contributed by atoms with Crippen molar-refractivity contribution in [2.24, 2.45) is 0 Å². The van der Waals surface area contributed by atoms with Crippen LogP contribution >= 0.6 is 0 Å². The van der Waals surface area contributed by atoms with Gasteiger partial charge in [0, 0.05) is 51.4 Å². The lowest BCUT2D eigenvalue weighted by molar-refractivity contribution is -0.259. The maximum atomic E-state index is 14.5. The number of carbonyl (C=O) groups excluding carboxylic acids is 2. The third kappa shape index (κ3) is 7.14. The predicted molar refractivity (Wildman–Crippen MR) is 217 cm³/mol. The van der Waals surface area contributed by atoms with Gasteiger partial charge < -0.3 is 56.8 Å². The predicted octanol–water partition coefficient (Wildman–Crippen LogP) is 7.64. The minimum absolute atomic E-state index is 0.307. The Hall–Kier alpha value is -2.76. The second-order valence-corrected chi connectivity index (χ2v) is 19.6. The van der Waals surface area contributed by atoms with Crippen LogP contribution < -0.4 is 0 Å². The normalized spacial score (nSPS) is 38.8. The third-order valence-electron chi connectivity index (χ3n) is 15.6. The van der Waals surface area contributed by atoms with Gasteiger partial charge in [0.15, 0.2) is 60.1 Å². The highest BCUT2D eigenvalue weighted by Crippen LogP contribution is 2.51. The number of ether oxygens (including phenoxy) is 12. The van der Waals surface area contributed by atoms with Gasteiger partial charge in [-0.15, -0.1) is 0 Å². The number of esters is 2. The molecule has 0 unspecified atom stereocenters. The smallest absolute Gasteiger partial charge is 0.339 e. The van der Waals surface area contributed by atoms with Gasteiger partial charge in [0.1, 0.15) is 24.4 Å². The molecule has 4 spiro atoms. The number of carbonyl (C=O) groups is 2. The van der Waals surface area contributed by atoms with E-state index in [1.807, 2.05) is 24.3 Å². The van der Waals surface area contributed by atoms with Gasteiger partial charge in [-0.2, -0.15) is 0 Å². The molecule has 14 nitrogen and oxygen atoms in total. The van der Waals surface area contributed by atoms with Crippen molar-refractivity contribution in [2.45, 2.75) is 213 Å². The molecule has 12 rings (SSSR count). The van der Waals surface area contributed by atoms with Crippen LogP contribution in [0.5, 0.6) is 0 Å². The largest absolute Gasteiger partial charge is 0.453 e. The zero-order valence-electron chi connectivity index (χ0n) is 35.5. The summed E-state index contributed by atoms with van der Waals surface area (Å²) in [7, 11) is 0. The monoisotopic (exact) mass is 860 g/mol. The van der Waals surface area contributed by atoms with Gasteiger partial charge >= 0.3 is 11.9 Å². The van der Waals surface area contributed by atoms with Crippen LogP contribution in [0, 0.1) is 0 Å². The fraction of sp³-hybridized carbons (Fsp3) is 0.750. The van der Waals surface area contributed by atoms with Crippen molar-refractivity contribution in [1.29, 1.82) is 0 Å². The van der Waals surface area contributed by atoms with E-state index in [-0.39, 0.29) is 0 Å². The zero-order valence-corrected chi connectivity index (χ0v) is 35.5. The molecule has 2 aromatic carbocycles. The Bertz CT molecular complexity index is 1860. The first-order chi connectivity index (χ1) is 30.3. The van der Waals surface area contributed by atoms with Crippen molar-refractivity contribution < 1.29 is 66.4 Å². The van der Waals surface area contributed by atoms with Gasteiger partial charge in [0.25, 0.3) is 0 Å². The summed E-state index contributed by atoms with van der Waals surface area (Å²) in [6.45, 7) is 0.660. The first kappa shape index (κ1) is 40.7. The highest BCUT2D eigenvalue weighted by atomic mass is 16.9. The lowest BCUT2D eigenvalue weighted by Crippen LogP contribution is -2.46. The van der Waals surface area contributed by atoms with Crippen molar-refractivity contribution in [3.05, 3.63) is 47.5 Å². The topological polar surface area (TPSA) is 145 Å². The Labute approximate surface area is 362 Å². The van der Waals surface area contributed by atoms with E-state index in [1.54, 1.807) is 12.1 Å². The van der Waals surface area contributed by atoms with E-state index in [0.29, 0.717) is 35.1 Å². The van der Waals surface area contributed by atoms with Gasteiger partial charge in [0.2, 0.25) is 0 Å². The zero-order chi connectivity index (χ0) is 41.5. The molecule has 6 heterocycles. The molecule has 14 heteroatoms. The molecular weight excluding hydrogens is 801 g/mol. The molecule has 10 atom stereocenters. The summed E-state index contributed by atoms with van der Waals surface area (Å²) >= 11 is 0. The van der Waals surface area contributed by atoms with Crippen LogP contribution in [0.4, 0.5) is 0 Å². The molecular formula is C48H60O14. The number of hydrogen-bond acceptors (Lipinski definition) is 14. The van der Waals surface area contributed by atoms with Gasteiger partial charge in [-0.05, 0) is 74.3 Å². The maximum Gasteiger partial charge on any atom is 0.339 e. The fourth-order valence-corrected chi connectivity index (χ4v) is 12.4. The Morgan fingerprint density at radius 3 is 1.19 bits per heavy atom. The molecule has 0 radical (unpaired) electrons. The van der Waals surface area contributed by atoms with Crippen molar-refractivity contribution in [1.82, 2.24) is 0 Å². The highest BCUT2D eigenvalue weighted by molar-refractivity contribution is 6.11. The van der Waals surface area contributed by atoms with E-state index in [4.69, 9.17) is 56.8 Å². The van der Waals surface area contributed by atoms with E-state index in [0.717, 1.165) is 128 Å². The quantitative estimate of drug-likeness (QED) is 0.262. The lowest BCUT2D eigenvalue weighted by Gasteiger charge is -2.35. The van der Waals surface area contributed by atoms with Gasteiger partial charge in [-0.25, -0.2) is 9.59 Å². The molecule has 4 aliphatic carbocycles. The number of benzene rings is 2. The molecule has 4 saturated carbocycles. The Balaban J connectivity index is 0.808. The lowest BCUT2D eigenvalue weighted by atomic mass is 9.94. The van der Waals surface area contributed by atoms with Crippen molar-refractivity contribution >= 4 is 22.7 Å². The van der Waals surface area contributed by atoms with Crippen molar-refractivity contribution in [3.8, 4) is 0 Å². The highest BCUT2D eigenvalue weighted by Gasteiger charge is 2.64. The molecule has 10 aliphatic rings. The standard InChI is InChI=1S/C48H60O14/c49-41(53-37-35(33-27-51-45(57-33)19-7-1-8-20-45)55-43-39(37)59-47(61-43)23-11-3-12-24-47)31-17-18-32(30-16-6-5-15-29(30)31)42(50)54-38-36(34-28-52-46(58-34)21-9-2-10-22-46)56-44-40(38)60-48(62-44)25-13-4-14-26-48/h5-6,15-18,33-40,43-44H,1-4,7-14,19-28H2/t33-,34-,35-,36-,37+,38+,39-,40-,43-,44-/m1/s1. The average molecular weight is 861 g/mol. The second-order valence-electron chi connectivity index (χ2n) is 19.6. The SMILES string of the molecule is O=C(O[C@@H]1[C@H]2OC3(CCCCC3)O[C@H]2O[C@@H]1[C@H]1COC2(CCCCC2)O1)c1ccc(C(=O)O[C@@H]2[C@H]3OC4(CCCCC4)O[C@H]3O[C@@H]2[C@H]2COC3(CCCCC3)O2)c2ccccc12. The Morgan fingerprint density at radius 1 is 0.435 bits per heavy atom. The third-order valence-corrected chi connectivity index (χ3v) is 15.6. The summed E-state index contributed by atoms with van der Waals surface area (Å²) in [4.78, 5) is 29.1. The van der Waals surface area contributed by atoms with Crippen molar-refractivity contribution in [3.63, 3.8) is 0 Å². The maximum absolute atomic E-state index is 14.5. The van der Waals surface area contributed by atoms with E-state index >= 15 is 0 Å². The summed E-state index contributed by atoms with van der Waals surface area (Å²) in [5, 5.41) is 1.11. The van der Waals surface area contributed by atoms with Crippen LogP contribution in [0.1, 0.15) is 149 Å². The van der Waals surface area contributed by atoms with Crippen LogP contribution in [0.3, 0.4) is 0 Å².